The highest BCUT2D eigenvalue weighted by Crippen LogP contribution is 2.37. The van der Waals surface area contributed by atoms with E-state index in [2.05, 4.69) is 5.32 Å². The minimum atomic E-state index is -3.96. The van der Waals surface area contributed by atoms with Crippen molar-refractivity contribution in [2.45, 2.75) is 17.5 Å². The molecule has 9 nitrogen and oxygen atoms in total. The number of nitrogens with zero attached hydrogens (tertiary/aromatic N) is 1. The lowest BCUT2D eigenvalue weighted by atomic mass is 10.2. The maximum absolute atomic E-state index is 13.5. The van der Waals surface area contributed by atoms with E-state index >= 15 is 0 Å². The van der Waals surface area contributed by atoms with Crippen molar-refractivity contribution in [2.24, 2.45) is 0 Å². The average molecular weight is 499 g/mol. The van der Waals surface area contributed by atoms with Crippen molar-refractivity contribution in [1.29, 1.82) is 0 Å². The third-order valence-corrected chi connectivity index (χ3v) is 7.38. The summed E-state index contributed by atoms with van der Waals surface area (Å²) in [6.45, 7) is 0.0229. The fourth-order valence-corrected chi connectivity index (χ4v) is 5.21. The van der Waals surface area contributed by atoms with Crippen molar-refractivity contribution in [2.75, 3.05) is 32.2 Å². The molecule has 10 heteroatoms. The Morgan fingerprint density at radius 1 is 0.971 bits per heavy atom. The Kier molecular flexibility index (Phi) is 7.02. The summed E-state index contributed by atoms with van der Waals surface area (Å²) < 4.78 is 49.7. The quantitative estimate of drug-likeness (QED) is 0.509. The predicted octanol–water partition coefficient (Wildman–Crippen LogP) is 2.99. The third-order valence-electron chi connectivity index (χ3n) is 5.59. The second kappa shape index (κ2) is 10.1. The van der Waals surface area contributed by atoms with Crippen molar-refractivity contribution in [3.8, 4) is 23.0 Å². The number of anilines is 1. The molecule has 1 aliphatic heterocycles. The van der Waals surface area contributed by atoms with Gasteiger partial charge in [-0.15, -0.1) is 0 Å². The minimum absolute atomic E-state index is 0.0829. The highest BCUT2D eigenvalue weighted by atomic mass is 32.2. The van der Waals surface area contributed by atoms with Crippen LogP contribution in [-0.2, 0) is 21.4 Å². The summed E-state index contributed by atoms with van der Waals surface area (Å²) in [5.74, 6) is 1.53. The van der Waals surface area contributed by atoms with Crippen molar-refractivity contribution >= 4 is 21.6 Å². The molecule has 3 aromatic rings. The van der Waals surface area contributed by atoms with Crippen LogP contribution in [0, 0.1) is 0 Å². The van der Waals surface area contributed by atoms with Gasteiger partial charge in [0, 0.05) is 6.54 Å². The van der Waals surface area contributed by atoms with Gasteiger partial charge in [0.2, 0.25) is 0 Å². The summed E-state index contributed by atoms with van der Waals surface area (Å²) in [5.41, 5.74) is 1.15. The number of nitrogens with one attached hydrogen (secondary N) is 1. The molecular formula is C25H26N2O7S. The summed E-state index contributed by atoms with van der Waals surface area (Å²) in [5, 5.41) is 2.82. The first-order valence-electron chi connectivity index (χ1n) is 10.8. The zero-order chi connectivity index (χ0) is 25.0. The summed E-state index contributed by atoms with van der Waals surface area (Å²) in [7, 11) is 0.622. The van der Waals surface area contributed by atoms with Crippen LogP contribution in [0.25, 0.3) is 0 Å². The monoisotopic (exact) mass is 498 g/mol. The van der Waals surface area contributed by atoms with E-state index in [1.807, 2.05) is 0 Å². The van der Waals surface area contributed by atoms with E-state index in [1.165, 1.54) is 30.7 Å². The fourth-order valence-electron chi connectivity index (χ4n) is 3.73. The van der Waals surface area contributed by atoms with Crippen LogP contribution in [0.2, 0.25) is 0 Å². The van der Waals surface area contributed by atoms with Crippen LogP contribution < -0.4 is 28.6 Å². The van der Waals surface area contributed by atoms with Gasteiger partial charge in [0.1, 0.15) is 11.5 Å². The van der Waals surface area contributed by atoms with E-state index < -0.39 is 22.0 Å². The predicted molar refractivity (Wildman–Crippen MR) is 130 cm³/mol. The number of methoxy groups -OCH3 is 3. The number of fused-ring (bicyclic) bond motifs is 1. The lowest BCUT2D eigenvalue weighted by Crippen LogP contribution is -2.50. The van der Waals surface area contributed by atoms with Crippen molar-refractivity contribution in [3.05, 3.63) is 72.3 Å². The molecule has 0 aromatic heterocycles. The molecule has 35 heavy (non-hydrogen) atoms. The largest absolute Gasteiger partial charge is 0.497 e. The second-order valence-corrected chi connectivity index (χ2v) is 9.56. The summed E-state index contributed by atoms with van der Waals surface area (Å²) in [6, 6.07) is 18.1. The number of amides is 1. The van der Waals surface area contributed by atoms with Gasteiger partial charge in [-0.1, -0.05) is 18.2 Å². The highest BCUT2D eigenvalue weighted by Gasteiger charge is 2.37. The molecule has 0 bridgehead atoms. The number of benzene rings is 3. The molecule has 1 heterocycles. The molecule has 0 saturated heterocycles. The number of sulfonamides is 1. The number of hydrogen-bond acceptors (Lipinski definition) is 7. The van der Waals surface area contributed by atoms with Crippen LogP contribution in [0.4, 0.5) is 5.69 Å². The number of rotatable bonds is 8. The van der Waals surface area contributed by atoms with Gasteiger partial charge in [-0.3, -0.25) is 9.10 Å². The van der Waals surface area contributed by atoms with Crippen molar-refractivity contribution < 1.29 is 32.2 Å². The topological polar surface area (TPSA) is 103 Å². The van der Waals surface area contributed by atoms with Crippen molar-refractivity contribution in [3.63, 3.8) is 0 Å². The Balaban J connectivity index is 1.55. The molecule has 4 rings (SSSR count). The smallest absolute Gasteiger partial charge is 0.264 e. The molecule has 0 spiro atoms. The Bertz CT molecular complexity index is 1310. The van der Waals surface area contributed by atoms with E-state index in [0.29, 0.717) is 28.7 Å². The summed E-state index contributed by atoms with van der Waals surface area (Å²) >= 11 is 0. The molecule has 0 fully saturated rings. The van der Waals surface area contributed by atoms with Crippen LogP contribution in [0.5, 0.6) is 23.0 Å². The second-order valence-electron chi connectivity index (χ2n) is 7.69. The van der Waals surface area contributed by atoms with Crippen molar-refractivity contribution in [1.82, 2.24) is 5.32 Å². The van der Waals surface area contributed by atoms with Crippen LogP contribution in [0.3, 0.4) is 0 Å². The SMILES string of the molecule is COc1ccc(S(=O)(=O)N2C[C@H](C(=O)NCc3ccc(OC)c(OC)c3)Oc3ccccc32)cc1. The van der Waals surface area contributed by atoms with Gasteiger partial charge in [0.05, 0.1) is 38.5 Å². The number of carbonyl (C=O) groups is 1. The molecule has 3 aromatic carbocycles. The van der Waals surface area contributed by atoms with Gasteiger partial charge < -0.3 is 24.3 Å². The molecule has 1 N–H and O–H groups in total. The fraction of sp³-hybridized carbons (Fsp3) is 0.240. The van der Waals surface area contributed by atoms with E-state index in [1.54, 1.807) is 61.7 Å². The van der Waals surface area contributed by atoms with Gasteiger partial charge in [0.25, 0.3) is 15.9 Å². The van der Waals surface area contributed by atoms with Gasteiger partial charge in [0.15, 0.2) is 17.6 Å². The highest BCUT2D eigenvalue weighted by molar-refractivity contribution is 7.92. The first-order valence-corrected chi connectivity index (χ1v) is 12.2. The van der Waals surface area contributed by atoms with Gasteiger partial charge in [-0.25, -0.2) is 8.42 Å². The van der Waals surface area contributed by atoms with Gasteiger partial charge in [-0.05, 0) is 54.1 Å². The number of para-hydroxylation sites is 2. The maximum Gasteiger partial charge on any atom is 0.264 e. The van der Waals surface area contributed by atoms with Crippen LogP contribution >= 0.6 is 0 Å². The molecular weight excluding hydrogens is 472 g/mol. The molecule has 1 amide bonds. The molecule has 0 aliphatic carbocycles. The molecule has 0 saturated carbocycles. The number of carbonyl (C=O) groups excluding carboxylic acids is 1. The number of ether oxygens (including phenoxy) is 4. The summed E-state index contributed by atoms with van der Waals surface area (Å²) in [4.78, 5) is 13.1. The molecule has 0 unspecified atom stereocenters. The third kappa shape index (κ3) is 4.97. The summed E-state index contributed by atoms with van der Waals surface area (Å²) in [6.07, 6.45) is -1.04. The zero-order valence-corrected chi connectivity index (χ0v) is 20.4. The Morgan fingerprint density at radius 2 is 1.69 bits per heavy atom. The van der Waals surface area contributed by atoms with E-state index in [9.17, 15) is 13.2 Å². The average Bonchev–Trinajstić information content (AvgIpc) is 2.90. The first-order chi connectivity index (χ1) is 16.9. The lowest BCUT2D eigenvalue weighted by Gasteiger charge is -2.34. The van der Waals surface area contributed by atoms with E-state index in [-0.39, 0.29) is 18.0 Å². The molecule has 184 valence electrons. The normalized spacial score (nSPS) is 14.9. The zero-order valence-electron chi connectivity index (χ0n) is 19.6. The van der Waals surface area contributed by atoms with Crippen LogP contribution in [0.1, 0.15) is 5.56 Å². The van der Waals surface area contributed by atoms with Gasteiger partial charge >= 0.3 is 0 Å². The number of hydrogen-bond donors (Lipinski definition) is 1. The van der Waals surface area contributed by atoms with Gasteiger partial charge in [-0.2, -0.15) is 0 Å². The molecule has 1 aliphatic rings. The molecule has 1 atom stereocenters. The first kappa shape index (κ1) is 24.2. The lowest BCUT2D eigenvalue weighted by molar-refractivity contribution is -0.127. The minimum Gasteiger partial charge on any atom is -0.497 e. The Labute approximate surface area is 204 Å². The standard InChI is InChI=1S/C25H26N2O7S/c1-31-18-9-11-19(12-10-18)35(29,30)27-16-24(34-21-7-5-4-6-20(21)27)25(28)26-15-17-8-13-22(32-2)23(14-17)33-3/h4-14,24H,15-16H2,1-3H3,(H,26,28)/t24-/m1/s1. The van der Waals surface area contributed by atoms with Crippen LogP contribution in [-0.4, -0.2) is 48.3 Å². The van der Waals surface area contributed by atoms with E-state index in [0.717, 1.165) is 5.56 Å². The Morgan fingerprint density at radius 3 is 2.37 bits per heavy atom. The van der Waals surface area contributed by atoms with E-state index in [4.69, 9.17) is 18.9 Å². The van der Waals surface area contributed by atoms with Crippen LogP contribution in [0.15, 0.2) is 71.6 Å². The molecule has 0 radical (unpaired) electrons. The Hall–Kier alpha value is -3.92. The maximum atomic E-state index is 13.5.